The van der Waals surface area contributed by atoms with Crippen molar-refractivity contribution in [3.05, 3.63) is 50.7 Å². The molecule has 1 heterocycles. The van der Waals surface area contributed by atoms with Gasteiger partial charge in [-0.15, -0.1) is 0 Å². The molecule has 2 aromatic rings. The Hall–Kier alpha value is -1.54. The number of aromatic nitrogens is 1. The van der Waals surface area contributed by atoms with Crippen molar-refractivity contribution in [3.63, 3.8) is 0 Å². The van der Waals surface area contributed by atoms with Crippen molar-refractivity contribution in [2.75, 3.05) is 4.72 Å². The Balaban J connectivity index is 2.55. The number of hydrogen-bond donors (Lipinski definition) is 2. The number of aromatic carboxylic acids is 1. The van der Waals surface area contributed by atoms with Gasteiger partial charge in [-0.2, -0.15) is 0 Å². The van der Waals surface area contributed by atoms with Crippen molar-refractivity contribution < 1.29 is 18.3 Å². The quantitative estimate of drug-likeness (QED) is 0.767. The van der Waals surface area contributed by atoms with E-state index in [9.17, 15) is 13.2 Å². The molecule has 1 aromatic carbocycles. The normalized spacial score (nSPS) is 11.3. The fraction of sp³-hybridized carbons (Fsp3) is 0.0769. The Morgan fingerprint density at radius 2 is 1.70 bits per heavy atom. The average molecular weight is 396 g/mol. The van der Waals surface area contributed by atoms with Crippen LogP contribution in [0.15, 0.2) is 29.2 Å². The molecule has 0 aliphatic rings. The van der Waals surface area contributed by atoms with Gasteiger partial charge in [-0.25, -0.2) is 18.2 Å². The van der Waals surface area contributed by atoms with Gasteiger partial charge in [0.25, 0.3) is 10.0 Å². The minimum Gasteiger partial charge on any atom is -0.476 e. The number of carbonyl (C=O) groups is 1. The second-order valence-corrected chi connectivity index (χ2v) is 7.27. The fourth-order valence-electron chi connectivity index (χ4n) is 1.66. The number of nitrogens with one attached hydrogen (secondary N) is 1. The molecule has 0 unspecified atom stereocenters. The summed E-state index contributed by atoms with van der Waals surface area (Å²) >= 11 is 17.5. The molecule has 0 fully saturated rings. The van der Waals surface area contributed by atoms with E-state index in [0.717, 1.165) is 5.56 Å². The molecule has 23 heavy (non-hydrogen) atoms. The first-order valence-electron chi connectivity index (χ1n) is 6.00. The van der Waals surface area contributed by atoms with Crippen molar-refractivity contribution in [2.45, 2.75) is 11.8 Å². The van der Waals surface area contributed by atoms with Crippen LogP contribution in [-0.2, 0) is 10.0 Å². The summed E-state index contributed by atoms with van der Waals surface area (Å²) in [4.78, 5) is 14.6. The molecule has 0 aliphatic heterocycles. The zero-order valence-electron chi connectivity index (χ0n) is 11.5. The summed E-state index contributed by atoms with van der Waals surface area (Å²) in [5.41, 5.74) is -0.0749. The molecule has 0 radical (unpaired) electrons. The molecule has 122 valence electrons. The van der Waals surface area contributed by atoms with Crippen molar-refractivity contribution in [1.82, 2.24) is 4.98 Å². The van der Waals surface area contributed by atoms with E-state index < -0.39 is 26.7 Å². The van der Waals surface area contributed by atoms with Crippen molar-refractivity contribution >= 4 is 56.5 Å². The van der Waals surface area contributed by atoms with Crippen LogP contribution in [0.5, 0.6) is 0 Å². The van der Waals surface area contributed by atoms with Gasteiger partial charge < -0.3 is 5.11 Å². The maximum absolute atomic E-state index is 12.4. The number of hydrogen-bond acceptors (Lipinski definition) is 4. The van der Waals surface area contributed by atoms with Crippen molar-refractivity contribution in [2.24, 2.45) is 0 Å². The van der Waals surface area contributed by atoms with Gasteiger partial charge in [0.15, 0.2) is 10.8 Å². The zero-order valence-corrected chi connectivity index (χ0v) is 14.6. The van der Waals surface area contributed by atoms with Gasteiger partial charge in [0.2, 0.25) is 0 Å². The summed E-state index contributed by atoms with van der Waals surface area (Å²) in [6.07, 6.45) is 0. The number of rotatable bonds is 4. The molecule has 0 aliphatic carbocycles. The number of carboxylic acids is 1. The molecule has 0 spiro atoms. The van der Waals surface area contributed by atoms with Crippen LogP contribution in [0.25, 0.3) is 0 Å². The number of anilines is 1. The standard InChI is InChI=1S/C13H9Cl3N2O4S/c1-6-2-4-7(5-3-6)23(21,22)18-10-8(14)11(13(19)20)17-12(16)9(10)15/h2-5H,1H3,(H,17,18)(H,19,20). The molecular weight excluding hydrogens is 387 g/mol. The summed E-state index contributed by atoms with van der Waals surface area (Å²) < 4.78 is 26.9. The summed E-state index contributed by atoms with van der Waals surface area (Å²) in [7, 11) is -4.03. The molecule has 6 nitrogen and oxygen atoms in total. The van der Waals surface area contributed by atoms with Crippen molar-refractivity contribution in [1.29, 1.82) is 0 Å². The lowest BCUT2D eigenvalue weighted by Crippen LogP contribution is -2.15. The maximum atomic E-state index is 12.4. The van der Waals surface area contributed by atoms with E-state index >= 15 is 0 Å². The number of carboxylic acid groups (broad SMARTS) is 1. The molecule has 1 aromatic heterocycles. The SMILES string of the molecule is Cc1ccc(S(=O)(=O)Nc2c(Cl)c(Cl)nc(C(=O)O)c2Cl)cc1. The molecule has 0 saturated heterocycles. The lowest BCUT2D eigenvalue weighted by molar-refractivity contribution is 0.0690. The number of sulfonamides is 1. The fourth-order valence-corrected chi connectivity index (χ4v) is 3.53. The molecule has 0 bridgehead atoms. The smallest absolute Gasteiger partial charge is 0.356 e. The first-order valence-corrected chi connectivity index (χ1v) is 8.62. The van der Waals surface area contributed by atoms with Gasteiger partial charge in [0.1, 0.15) is 5.02 Å². The topological polar surface area (TPSA) is 96.4 Å². The lowest BCUT2D eigenvalue weighted by Gasteiger charge is -2.13. The maximum Gasteiger partial charge on any atom is 0.356 e. The van der Waals surface area contributed by atoms with E-state index in [1.807, 2.05) is 0 Å². The van der Waals surface area contributed by atoms with Crippen LogP contribution >= 0.6 is 34.8 Å². The highest BCUT2D eigenvalue weighted by Crippen LogP contribution is 2.38. The second kappa shape index (κ2) is 6.52. The van der Waals surface area contributed by atoms with Crippen molar-refractivity contribution in [3.8, 4) is 0 Å². The van der Waals surface area contributed by atoms with Crippen LogP contribution in [0.1, 0.15) is 16.1 Å². The van der Waals surface area contributed by atoms with Gasteiger partial charge in [0.05, 0.1) is 15.6 Å². The minimum absolute atomic E-state index is 0.0416. The van der Waals surface area contributed by atoms with Crippen LogP contribution in [-0.4, -0.2) is 24.5 Å². The van der Waals surface area contributed by atoms with Crippen LogP contribution in [0, 0.1) is 6.92 Å². The summed E-state index contributed by atoms with van der Waals surface area (Å²) in [6.45, 7) is 1.80. The Morgan fingerprint density at radius 3 is 2.22 bits per heavy atom. The van der Waals surface area contributed by atoms with Gasteiger partial charge in [-0.3, -0.25) is 4.72 Å². The van der Waals surface area contributed by atoms with E-state index in [1.165, 1.54) is 12.1 Å². The van der Waals surface area contributed by atoms with E-state index in [0.29, 0.717) is 0 Å². The van der Waals surface area contributed by atoms with Crippen LogP contribution in [0.3, 0.4) is 0 Å². The van der Waals surface area contributed by atoms with E-state index in [2.05, 4.69) is 9.71 Å². The molecule has 0 saturated carbocycles. The van der Waals surface area contributed by atoms with Gasteiger partial charge >= 0.3 is 5.97 Å². The molecule has 0 amide bonds. The first-order chi connectivity index (χ1) is 10.6. The Labute approximate surface area is 147 Å². The summed E-state index contributed by atoms with van der Waals surface area (Å²) in [6, 6.07) is 6.00. The number of pyridine rings is 1. The first kappa shape index (κ1) is 17.8. The van der Waals surface area contributed by atoms with Crippen LogP contribution in [0.4, 0.5) is 5.69 Å². The summed E-state index contributed by atoms with van der Waals surface area (Å²) in [5, 5.41) is 7.90. The van der Waals surface area contributed by atoms with Gasteiger partial charge in [-0.1, -0.05) is 52.5 Å². The zero-order chi connectivity index (χ0) is 17.4. The molecule has 0 atom stereocenters. The molecular formula is C13H9Cl3N2O4S. The van der Waals surface area contributed by atoms with Crippen LogP contribution in [0.2, 0.25) is 15.2 Å². The number of aryl methyl sites for hydroxylation is 1. The highest BCUT2D eigenvalue weighted by Gasteiger charge is 2.24. The molecule has 10 heteroatoms. The van der Waals surface area contributed by atoms with Crippen LogP contribution < -0.4 is 4.72 Å². The molecule has 2 N–H and O–H groups in total. The monoisotopic (exact) mass is 394 g/mol. The summed E-state index contributed by atoms with van der Waals surface area (Å²) in [5.74, 6) is -1.47. The third-order valence-electron chi connectivity index (χ3n) is 2.81. The minimum atomic E-state index is -4.03. The van der Waals surface area contributed by atoms with E-state index in [4.69, 9.17) is 39.9 Å². The Kier molecular flexibility index (Phi) is 5.05. The van der Waals surface area contributed by atoms with Gasteiger partial charge in [0, 0.05) is 0 Å². The highest BCUT2D eigenvalue weighted by atomic mass is 35.5. The Bertz CT molecular complexity index is 883. The van der Waals surface area contributed by atoms with Gasteiger partial charge in [-0.05, 0) is 19.1 Å². The molecule has 2 rings (SSSR count). The predicted octanol–water partition coefficient (Wildman–Crippen LogP) is 3.85. The Morgan fingerprint density at radius 1 is 1.13 bits per heavy atom. The number of benzene rings is 1. The average Bonchev–Trinajstić information content (AvgIpc) is 2.47. The lowest BCUT2D eigenvalue weighted by atomic mass is 10.2. The third-order valence-corrected chi connectivity index (χ3v) is 5.28. The van der Waals surface area contributed by atoms with E-state index in [-0.39, 0.29) is 20.8 Å². The number of halogens is 3. The number of nitrogens with zero attached hydrogens (tertiary/aromatic N) is 1. The predicted molar refractivity (Wildman–Crippen MR) is 88.2 cm³/mol. The largest absolute Gasteiger partial charge is 0.476 e. The second-order valence-electron chi connectivity index (χ2n) is 4.48. The third kappa shape index (κ3) is 3.69. The highest BCUT2D eigenvalue weighted by molar-refractivity contribution is 7.92. The van der Waals surface area contributed by atoms with E-state index in [1.54, 1.807) is 19.1 Å².